The van der Waals surface area contributed by atoms with Crippen molar-refractivity contribution in [2.75, 3.05) is 0 Å². The third-order valence-electron chi connectivity index (χ3n) is 5.56. The van der Waals surface area contributed by atoms with Gasteiger partial charge in [0.25, 0.3) is 0 Å². The van der Waals surface area contributed by atoms with E-state index in [0.29, 0.717) is 6.04 Å². The van der Waals surface area contributed by atoms with Gasteiger partial charge in [0.1, 0.15) is 5.82 Å². The monoisotopic (exact) mass is 333 g/mol. The van der Waals surface area contributed by atoms with Crippen molar-refractivity contribution < 1.29 is 0 Å². The van der Waals surface area contributed by atoms with E-state index < -0.39 is 0 Å². The van der Waals surface area contributed by atoms with E-state index in [-0.39, 0.29) is 0 Å². The number of hydrogen-bond acceptors (Lipinski definition) is 2. The summed E-state index contributed by atoms with van der Waals surface area (Å²) in [6, 6.07) is 6.78. The van der Waals surface area contributed by atoms with Crippen molar-refractivity contribution in [3.05, 3.63) is 47.8 Å². The van der Waals surface area contributed by atoms with Crippen LogP contribution in [0.25, 0.3) is 16.6 Å². The van der Waals surface area contributed by atoms with Crippen LogP contribution in [0.5, 0.6) is 0 Å². The minimum atomic E-state index is 0.545. The van der Waals surface area contributed by atoms with Gasteiger partial charge in [-0.15, -0.1) is 0 Å². The number of allylic oxidation sites excluding steroid dienone is 4. The van der Waals surface area contributed by atoms with Crippen LogP contribution in [0.2, 0.25) is 0 Å². The zero-order valence-corrected chi connectivity index (χ0v) is 15.0. The lowest BCUT2D eigenvalue weighted by molar-refractivity contribution is 0.358. The molecule has 0 saturated heterocycles. The van der Waals surface area contributed by atoms with Gasteiger partial charge in [-0.25, -0.2) is 4.98 Å². The van der Waals surface area contributed by atoms with Crippen LogP contribution in [0.4, 0.5) is 0 Å². The molecule has 0 amide bonds. The van der Waals surface area contributed by atoms with Gasteiger partial charge in [-0.3, -0.25) is 0 Å². The second kappa shape index (κ2) is 6.99. The van der Waals surface area contributed by atoms with Gasteiger partial charge in [-0.1, -0.05) is 43.6 Å². The minimum absolute atomic E-state index is 0.545. The van der Waals surface area contributed by atoms with Gasteiger partial charge in [-0.05, 0) is 56.2 Å². The number of rotatable bonds is 5. The Labute approximate surface area is 150 Å². The highest BCUT2D eigenvalue weighted by Gasteiger charge is 2.23. The summed E-state index contributed by atoms with van der Waals surface area (Å²) in [5, 5.41) is 7.53. The smallest absolute Gasteiger partial charge is 0.141 e. The van der Waals surface area contributed by atoms with E-state index in [4.69, 9.17) is 10.4 Å². The highest BCUT2D eigenvalue weighted by molar-refractivity contribution is 5.88. The molecule has 4 rings (SSSR count). The Morgan fingerprint density at radius 3 is 2.64 bits per heavy atom. The van der Waals surface area contributed by atoms with Crippen molar-refractivity contribution in [3.63, 3.8) is 0 Å². The summed E-state index contributed by atoms with van der Waals surface area (Å²) >= 11 is 0. The van der Waals surface area contributed by atoms with Crippen molar-refractivity contribution in [2.45, 2.75) is 57.9 Å². The molecule has 2 aliphatic carbocycles. The van der Waals surface area contributed by atoms with E-state index in [1.807, 2.05) is 12.1 Å². The number of hydrogen-bond donors (Lipinski definition) is 1. The molecule has 2 saturated carbocycles. The van der Waals surface area contributed by atoms with Gasteiger partial charge in [-0.2, -0.15) is 0 Å². The summed E-state index contributed by atoms with van der Waals surface area (Å²) in [6.07, 6.45) is 17.3. The molecule has 2 fully saturated rings. The van der Waals surface area contributed by atoms with Crippen LogP contribution in [0.1, 0.15) is 69.3 Å². The first-order valence-electron chi connectivity index (χ1n) is 9.67. The predicted molar refractivity (Wildman–Crippen MR) is 105 cm³/mol. The van der Waals surface area contributed by atoms with E-state index in [1.165, 1.54) is 62.3 Å². The van der Waals surface area contributed by atoms with Gasteiger partial charge >= 0.3 is 0 Å². The van der Waals surface area contributed by atoms with Crippen molar-refractivity contribution in [2.24, 2.45) is 5.92 Å². The zero-order chi connectivity index (χ0) is 17.2. The molecule has 0 bridgehead atoms. The Bertz CT molecular complexity index is 830. The van der Waals surface area contributed by atoms with Gasteiger partial charge < -0.3 is 9.98 Å². The van der Waals surface area contributed by atoms with Crippen LogP contribution in [-0.2, 0) is 0 Å². The number of nitrogens with one attached hydrogen (secondary N) is 1. The fraction of sp³-hybridized carbons (Fsp3) is 0.455. The van der Waals surface area contributed by atoms with Crippen LogP contribution in [0.15, 0.2) is 36.4 Å². The second-order valence-electron chi connectivity index (χ2n) is 7.43. The normalized spacial score (nSPS) is 19.8. The lowest BCUT2D eigenvalue weighted by Gasteiger charge is -2.26. The molecule has 1 aromatic carbocycles. The molecule has 3 nitrogen and oxygen atoms in total. The molecule has 1 N–H and O–H groups in total. The first-order valence-corrected chi connectivity index (χ1v) is 9.67. The highest BCUT2D eigenvalue weighted by Crippen LogP contribution is 2.36. The van der Waals surface area contributed by atoms with Gasteiger partial charge in [0.05, 0.1) is 11.0 Å². The number of fused-ring (bicyclic) bond motifs is 1. The van der Waals surface area contributed by atoms with Crippen LogP contribution in [-0.4, -0.2) is 15.8 Å². The SMILES string of the molecule is C/C=C(\C=C/C1CC1)c1nc2cc(C=N)ccc2n1C1CCCCC1. The van der Waals surface area contributed by atoms with E-state index in [1.54, 1.807) is 0 Å². The number of nitrogens with zero attached hydrogens (tertiary/aromatic N) is 2. The number of aromatic nitrogens is 2. The maximum atomic E-state index is 7.53. The second-order valence-corrected chi connectivity index (χ2v) is 7.43. The fourth-order valence-corrected chi connectivity index (χ4v) is 3.95. The number of benzene rings is 1. The maximum absolute atomic E-state index is 7.53. The molecule has 0 radical (unpaired) electrons. The molecule has 130 valence electrons. The first kappa shape index (κ1) is 16.3. The topological polar surface area (TPSA) is 41.7 Å². The van der Waals surface area contributed by atoms with Gasteiger partial charge in [0.15, 0.2) is 0 Å². The Hall–Kier alpha value is -2.16. The largest absolute Gasteiger partial charge is 0.321 e. The summed E-state index contributed by atoms with van der Waals surface area (Å²) < 4.78 is 2.48. The molecule has 0 aliphatic heterocycles. The average molecular weight is 333 g/mol. The van der Waals surface area contributed by atoms with Crippen LogP contribution in [0.3, 0.4) is 0 Å². The Kier molecular flexibility index (Phi) is 4.56. The van der Waals surface area contributed by atoms with E-state index in [9.17, 15) is 0 Å². The van der Waals surface area contributed by atoms with Crippen LogP contribution >= 0.6 is 0 Å². The maximum Gasteiger partial charge on any atom is 0.141 e. The molecule has 1 aromatic heterocycles. The molecule has 0 spiro atoms. The van der Waals surface area contributed by atoms with Crippen molar-refractivity contribution in [1.29, 1.82) is 5.41 Å². The van der Waals surface area contributed by atoms with Crippen LogP contribution in [0, 0.1) is 11.3 Å². The zero-order valence-electron chi connectivity index (χ0n) is 15.0. The Morgan fingerprint density at radius 2 is 1.96 bits per heavy atom. The quantitative estimate of drug-likeness (QED) is 0.536. The van der Waals surface area contributed by atoms with Crippen molar-refractivity contribution in [3.8, 4) is 0 Å². The minimum Gasteiger partial charge on any atom is -0.321 e. The fourth-order valence-electron chi connectivity index (χ4n) is 3.95. The Morgan fingerprint density at radius 1 is 1.16 bits per heavy atom. The van der Waals surface area contributed by atoms with Crippen molar-refractivity contribution >= 4 is 22.8 Å². The molecule has 0 unspecified atom stereocenters. The summed E-state index contributed by atoms with van der Waals surface area (Å²) in [5.74, 6) is 1.87. The van der Waals surface area contributed by atoms with E-state index in [2.05, 4.69) is 35.8 Å². The first-order chi connectivity index (χ1) is 12.3. The molecular formula is C22H27N3. The summed E-state index contributed by atoms with van der Waals surface area (Å²) in [5.41, 5.74) is 4.38. The van der Waals surface area contributed by atoms with Crippen LogP contribution < -0.4 is 0 Å². The standard InChI is InChI=1S/C22H27N3/c1-2-18(12-10-16-8-9-16)22-24-20-14-17(15-23)11-13-21(20)25(22)19-6-4-3-5-7-19/h2,10-16,19,23H,3-9H2,1H3/b12-10-,18-2+,23-15?. The predicted octanol–water partition coefficient (Wildman–Crippen LogP) is 5.91. The molecule has 2 aliphatic rings. The van der Waals surface area contributed by atoms with E-state index in [0.717, 1.165) is 22.8 Å². The third-order valence-corrected chi connectivity index (χ3v) is 5.56. The summed E-state index contributed by atoms with van der Waals surface area (Å²) in [4.78, 5) is 5.01. The molecule has 3 heteroatoms. The Balaban J connectivity index is 1.83. The molecule has 0 atom stereocenters. The highest BCUT2D eigenvalue weighted by atomic mass is 15.1. The van der Waals surface area contributed by atoms with Crippen molar-refractivity contribution in [1.82, 2.24) is 9.55 Å². The van der Waals surface area contributed by atoms with Gasteiger partial charge in [0, 0.05) is 17.8 Å². The van der Waals surface area contributed by atoms with E-state index >= 15 is 0 Å². The lowest BCUT2D eigenvalue weighted by Crippen LogP contribution is -2.15. The molecule has 2 aromatic rings. The summed E-state index contributed by atoms with van der Waals surface area (Å²) in [7, 11) is 0. The number of imidazole rings is 1. The molecule has 1 heterocycles. The van der Waals surface area contributed by atoms with Gasteiger partial charge in [0.2, 0.25) is 0 Å². The third kappa shape index (κ3) is 3.33. The summed E-state index contributed by atoms with van der Waals surface area (Å²) in [6.45, 7) is 2.11. The average Bonchev–Trinajstić information content (AvgIpc) is 3.41. The molecule has 25 heavy (non-hydrogen) atoms. The lowest BCUT2D eigenvalue weighted by atomic mass is 9.94. The molecular weight excluding hydrogens is 306 g/mol.